The number of ether oxygens (including phenoxy) is 2. The average molecular weight is 495 g/mol. The van der Waals surface area contributed by atoms with Gasteiger partial charge in [0.2, 0.25) is 0 Å². The zero-order valence-electron chi connectivity index (χ0n) is 20.1. The van der Waals surface area contributed by atoms with Crippen LogP contribution in [0.5, 0.6) is 17.2 Å². The van der Waals surface area contributed by atoms with Crippen LogP contribution in [-0.4, -0.2) is 30.4 Å². The van der Waals surface area contributed by atoms with Crippen LogP contribution in [0, 0.1) is 0 Å². The van der Waals surface area contributed by atoms with Gasteiger partial charge in [-0.25, -0.2) is 0 Å². The Kier molecular flexibility index (Phi) is 9.74. The van der Waals surface area contributed by atoms with Crippen molar-refractivity contribution in [3.63, 3.8) is 0 Å². The number of phenols is 1. The van der Waals surface area contributed by atoms with Crippen molar-refractivity contribution < 1.29 is 24.2 Å². The normalized spacial score (nSPS) is 12.5. The number of ketones is 1. The molecular formula is C29H31ClO5. The van der Waals surface area contributed by atoms with Crippen LogP contribution in [-0.2, 0) is 4.79 Å². The Bertz CT molecular complexity index is 1110. The molecule has 0 amide bonds. The third-order valence-corrected chi connectivity index (χ3v) is 5.98. The lowest BCUT2D eigenvalue weighted by atomic mass is 9.75. The monoisotopic (exact) mass is 494 g/mol. The molecule has 0 aliphatic carbocycles. The van der Waals surface area contributed by atoms with E-state index in [4.69, 9.17) is 21.1 Å². The molecule has 3 aromatic carbocycles. The molecule has 0 aliphatic rings. The molecule has 0 aromatic heterocycles. The lowest BCUT2D eigenvalue weighted by molar-refractivity contribution is -0.108. The number of phenolic OH excluding ortho intramolecular Hbond substituents is 1. The molecule has 5 nitrogen and oxygen atoms in total. The number of aldehydes is 1. The second-order valence-corrected chi connectivity index (χ2v) is 8.76. The first-order valence-corrected chi connectivity index (χ1v) is 12.3. The summed E-state index contributed by atoms with van der Waals surface area (Å²) in [5.41, 5.74) is 1.63. The summed E-state index contributed by atoms with van der Waals surface area (Å²) in [7, 11) is 0. The van der Waals surface area contributed by atoms with Crippen LogP contribution >= 0.6 is 11.6 Å². The highest BCUT2D eigenvalue weighted by atomic mass is 35.5. The quantitative estimate of drug-likeness (QED) is 0.205. The zero-order valence-corrected chi connectivity index (χ0v) is 20.8. The highest BCUT2D eigenvalue weighted by Crippen LogP contribution is 2.43. The van der Waals surface area contributed by atoms with Gasteiger partial charge in [-0.3, -0.25) is 4.79 Å². The second kappa shape index (κ2) is 13.0. The molecule has 0 fully saturated rings. The number of hydrogen-bond donors (Lipinski definition) is 1. The number of aromatic hydroxyl groups is 1. The number of rotatable bonds is 13. The van der Waals surface area contributed by atoms with E-state index in [9.17, 15) is 14.7 Å². The summed E-state index contributed by atoms with van der Waals surface area (Å²) >= 11 is 6.12. The molecule has 1 unspecified atom stereocenters. The predicted molar refractivity (Wildman–Crippen MR) is 138 cm³/mol. The predicted octanol–water partition coefficient (Wildman–Crippen LogP) is 6.96. The maximum Gasteiger partial charge on any atom is 0.178 e. The van der Waals surface area contributed by atoms with Gasteiger partial charge in [-0.1, -0.05) is 67.9 Å². The van der Waals surface area contributed by atoms with Gasteiger partial charge in [0.05, 0.1) is 19.1 Å². The van der Waals surface area contributed by atoms with E-state index >= 15 is 0 Å². The fraction of sp³-hybridized carbons (Fsp3) is 0.310. The maximum atomic E-state index is 14.2. The van der Waals surface area contributed by atoms with E-state index in [0.717, 1.165) is 24.7 Å². The maximum absolute atomic E-state index is 14.2. The molecule has 2 atom stereocenters. The Morgan fingerprint density at radius 3 is 2.23 bits per heavy atom. The van der Waals surface area contributed by atoms with Crippen molar-refractivity contribution in [2.24, 2.45) is 0 Å². The molecule has 0 heterocycles. The molecule has 6 heteroatoms. The van der Waals surface area contributed by atoms with E-state index in [2.05, 4.69) is 0 Å². The summed E-state index contributed by atoms with van der Waals surface area (Å²) in [6.07, 6.45) is 2.49. The minimum atomic E-state index is -0.753. The fourth-order valence-electron chi connectivity index (χ4n) is 4.11. The number of carbonyl (C=O) groups excluding carboxylic acids is 2. The number of carbonyl (C=O) groups is 2. The van der Waals surface area contributed by atoms with Gasteiger partial charge in [0.15, 0.2) is 5.78 Å². The number of halogens is 1. The summed E-state index contributed by atoms with van der Waals surface area (Å²) in [6, 6.07) is 19.5. The van der Waals surface area contributed by atoms with Crippen LogP contribution in [0.15, 0.2) is 66.7 Å². The highest BCUT2D eigenvalue weighted by molar-refractivity contribution is 6.30. The van der Waals surface area contributed by atoms with Crippen molar-refractivity contribution in [1.82, 2.24) is 0 Å². The van der Waals surface area contributed by atoms with Crippen LogP contribution < -0.4 is 9.47 Å². The van der Waals surface area contributed by atoms with Crippen LogP contribution in [0.1, 0.15) is 66.4 Å². The molecule has 35 heavy (non-hydrogen) atoms. The lowest BCUT2D eigenvalue weighted by Crippen LogP contribution is -2.22. The van der Waals surface area contributed by atoms with Gasteiger partial charge in [-0.15, -0.1) is 0 Å². The van der Waals surface area contributed by atoms with Crippen molar-refractivity contribution in [2.45, 2.75) is 44.9 Å². The van der Waals surface area contributed by atoms with E-state index in [1.165, 1.54) is 6.07 Å². The molecule has 3 aromatic rings. The Balaban J connectivity index is 2.17. The Hall–Kier alpha value is -3.31. The molecule has 1 N–H and O–H groups in total. The standard InChI is InChI=1S/C29H31ClO5/c1-3-16-34-23-18-25(32)28(26(19-23)35-17-4-2)29(33)27(21-10-12-22(30)13-11-21)24(14-15-31)20-8-6-5-7-9-20/h5-13,15,18-19,24,27,32H,3-4,14,16-17H2,1-2H3/t24?,27-/m1/s1. The minimum absolute atomic E-state index is 0.0779. The smallest absolute Gasteiger partial charge is 0.178 e. The first-order chi connectivity index (χ1) is 17.0. The summed E-state index contributed by atoms with van der Waals surface area (Å²) in [5.74, 6) is -1.06. The Morgan fingerprint density at radius 2 is 1.60 bits per heavy atom. The summed E-state index contributed by atoms with van der Waals surface area (Å²) in [4.78, 5) is 26.0. The molecule has 184 valence electrons. The van der Waals surface area contributed by atoms with Crippen molar-refractivity contribution in [3.05, 3.63) is 88.4 Å². The second-order valence-electron chi connectivity index (χ2n) is 8.33. The number of Topliss-reactive ketones (excluding diaryl/α,β-unsaturated/α-hetero) is 1. The summed E-state index contributed by atoms with van der Waals surface area (Å²) < 4.78 is 11.6. The first kappa shape index (κ1) is 26.3. The number of benzene rings is 3. The van der Waals surface area contributed by atoms with Crippen LogP contribution in [0.4, 0.5) is 0 Å². The Morgan fingerprint density at radius 1 is 0.943 bits per heavy atom. The summed E-state index contributed by atoms with van der Waals surface area (Å²) in [6.45, 7) is 4.80. The lowest BCUT2D eigenvalue weighted by Gasteiger charge is -2.27. The number of hydrogen-bond acceptors (Lipinski definition) is 5. The largest absolute Gasteiger partial charge is 0.507 e. The van der Waals surface area contributed by atoms with Crippen molar-refractivity contribution in [1.29, 1.82) is 0 Å². The zero-order chi connectivity index (χ0) is 25.2. The molecule has 0 spiro atoms. The van der Waals surface area contributed by atoms with Crippen molar-refractivity contribution in [3.8, 4) is 17.2 Å². The van der Waals surface area contributed by atoms with Crippen molar-refractivity contribution in [2.75, 3.05) is 13.2 Å². The average Bonchev–Trinajstić information content (AvgIpc) is 2.87. The van der Waals surface area contributed by atoms with E-state index in [-0.39, 0.29) is 29.3 Å². The third kappa shape index (κ3) is 6.64. The van der Waals surface area contributed by atoms with E-state index < -0.39 is 11.8 Å². The van der Waals surface area contributed by atoms with Gasteiger partial charge in [-0.2, -0.15) is 0 Å². The van der Waals surface area contributed by atoms with E-state index in [1.54, 1.807) is 30.3 Å². The van der Waals surface area contributed by atoms with Crippen molar-refractivity contribution >= 4 is 23.7 Å². The third-order valence-electron chi connectivity index (χ3n) is 5.73. The SMILES string of the molecule is CCCOc1cc(O)c(C(=O)[C@H](c2ccc(Cl)cc2)C(CC=O)c2ccccc2)c(OCCC)c1. The van der Waals surface area contributed by atoms with E-state index in [1.807, 2.05) is 44.2 Å². The van der Waals surface area contributed by atoms with Gasteiger partial charge in [0, 0.05) is 29.5 Å². The fourth-order valence-corrected chi connectivity index (χ4v) is 4.24. The molecule has 3 rings (SSSR count). The topological polar surface area (TPSA) is 72.8 Å². The van der Waals surface area contributed by atoms with Crippen LogP contribution in [0.25, 0.3) is 0 Å². The van der Waals surface area contributed by atoms with Crippen LogP contribution in [0.3, 0.4) is 0 Å². The minimum Gasteiger partial charge on any atom is -0.507 e. The molecule has 0 saturated heterocycles. The Labute approximate surface area is 211 Å². The molecular weight excluding hydrogens is 464 g/mol. The van der Waals surface area contributed by atoms with E-state index in [0.29, 0.717) is 29.5 Å². The molecule has 0 aliphatic heterocycles. The molecule has 0 bridgehead atoms. The molecule has 0 radical (unpaired) electrons. The highest BCUT2D eigenvalue weighted by Gasteiger charge is 2.35. The van der Waals surface area contributed by atoms with Gasteiger partial charge in [0.25, 0.3) is 0 Å². The van der Waals surface area contributed by atoms with Crippen LogP contribution in [0.2, 0.25) is 5.02 Å². The van der Waals surface area contributed by atoms with Gasteiger partial charge in [0.1, 0.15) is 29.1 Å². The first-order valence-electron chi connectivity index (χ1n) is 11.9. The van der Waals surface area contributed by atoms with Gasteiger partial charge < -0.3 is 19.4 Å². The molecule has 0 saturated carbocycles. The summed E-state index contributed by atoms with van der Waals surface area (Å²) in [5, 5.41) is 11.5. The van der Waals surface area contributed by atoms with Gasteiger partial charge in [-0.05, 0) is 36.1 Å². The van der Waals surface area contributed by atoms with Gasteiger partial charge >= 0.3 is 0 Å².